The highest BCUT2D eigenvalue weighted by molar-refractivity contribution is 5.97. The van der Waals surface area contributed by atoms with Crippen LogP contribution in [-0.2, 0) is 49.8 Å². The number of benzene rings is 4. The van der Waals surface area contributed by atoms with Crippen molar-refractivity contribution in [2.75, 3.05) is 13.1 Å². The number of ketones is 3. The van der Waals surface area contributed by atoms with Crippen LogP contribution >= 0.6 is 0 Å². The zero-order valence-electron chi connectivity index (χ0n) is 36.7. The normalized spacial score (nSPS) is 13.6. The SMILES string of the molecule is C[C@H](NC(=O)N(CC(=O)[C@@H](N)Cc1cnc[nH]1)Cc1cccc2ccccc12)C(=O)C[C@@H](Cc1c[nH]c2ccccc12)C(=O)N[C@H](Cc1ccccc1)C(=O)C[C@@H](CCCCN)C(N)=O. The highest BCUT2D eigenvalue weighted by Crippen LogP contribution is 2.25. The molecule has 0 spiro atoms. The standard InChI is InChI=1S/C50H59N9O6/c1-32(57-50(65)59(30-47(62)42(52)26-39-28-54-31-56-39)29-36-17-11-16-34-14-5-6-18-40(34)36)45(60)25-37(23-38-27-55-43-20-8-7-19-41(38)43)49(64)58-44(22-33-12-3-2-4-13-33)46(61)24-35(48(53)63)15-9-10-21-51/h2-8,11-14,16-20,27-28,31-32,35,37,42,44,55H,9-10,15,21-26,29-30,51-52H2,1H3,(H2,53,63)(H,54,56)(H,57,65)(H,58,64)/t32-,35+,37+,42-,44+/m0/s1. The first-order valence-corrected chi connectivity index (χ1v) is 22.1. The fourth-order valence-corrected chi connectivity index (χ4v) is 8.14. The number of para-hydroxylation sites is 1. The molecule has 4 aromatic carbocycles. The lowest BCUT2D eigenvalue weighted by molar-refractivity contribution is -0.133. The van der Waals surface area contributed by atoms with Crippen molar-refractivity contribution in [3.8, 4) is 0 Å². The van der Waals surface area contributed by atoms with Crippen molar-refractivity contribution in [1.82, 2.24) is 30.5 Å². The van der Waals surface area contributed by atoms with E-state index in [-0.39, 0.29) is 56.8 Å². The van der Waals surface area contributed by atoms with E-state index in [1.54, 1.807) is 19.3 Å². The summed E-state index contributed by atoms with van der Waals surface area (Å²) in [5.41, 5.74) is 21.6. The van der Waals surface area contributed by atoms with Gasteiger partial charge < -0.3 is 42.7 Å². The average molecular weight is 882 g/mol. The summed E-state index contributed by atoms with van der Waals surface area (Å²) < 4.78 is 0. The van der Waals surface area contributed by atoms with Gasteiger partial charge in [0.25, 0.3) is 0 Å². The third kappa shape index (κ3) is 13.3. The second-order valence-electron chi connectivity index (χ2n) is 16.8. The molecule has 2 heterocycles. The molecule has 15 heteroatoms. The number of primary amides is 1. The molecule has 2 aromatic heterocycles. The summed E-state index contributed by atoms with van der Waals surface area (Å²) in [5, 5.41) is 8.49. The fourth-order valence-electron chi connectivity index (χ4n) is 8.14. The number of hydrogen-bond donors (Lipinski definition) is 7. The van der Waals surface area contributed by atoms with Crippen LogP contribution in [0.5, 0.6) is 0 Å². The fraction of sp³-hybridized carbons (Fsp3) is 0.340. The highest BCUT2D eigenvalue weighted by Gasteiger charge is 2.33. The number of urea groups is 1. The number of amides is 4. The van der Waals surface area contributed by atoms with Gasteiger partial charge in [-0.05, 0) is 72.7 Å². The molecule has 65 heavy (non-hydrogen) atoms. The third-order valence-corrected chi connectivity index (χ3v) is 11.9. The van der Waals surface area contributed by atoms with E-state index in [2.05, 4.69) is 25.6 Å². The molecule has 0 radical (unpaired) electrons. The number of aromatic nitrogens is 3. The molecule has 10 N–H and O–H groups in total. The van der Waals surface area contributed by atoms with E-state index < -0.39 is 53.6 Å². The molecule has 0 unspecified atom stereocenters. The number of rotatable bonds is 25. The molecule has 5 atom stereocenters. The number of imidazole rings is 1. The number of Topliss-reactive ketones (excluding diaryl/α,β-unsaturated/α-hetero) is 3. The third-order valence-electron chi connectivity index (χ3n) is 11.9. The van der Waals surface area contributed by atoms with Crippen LogP contribution in [0.4, 0.5) is 4.79 Å². The van der Waals surface area contributed by atoms with Gasteiger partial charge in [0.05, 0.1) is 31.0 Å². The van der Waals surface area contributed by atoms with E-state index in [1.807, 2.05) is 97.1 Å². The molecule has 0 aliphatic rings. The Kier molecular flexibility index (Phi) is 16.9. The molecule has 0 saturated carbocycles. The summed E-state index contributed by atoms with van der Waals surface area (Å²) in [6.45, 7) is 1.69. The predicted octanol–water partition coefficient (Wildman–Crippen LogP) is 4.82. The minimum absolute atomic E-state index is 0.0443. The van der Waals surface area contributed by atoms with Crippen LogP contribution in [0, 0.1) is 11.8 Å². The van der Waals surface area contributed by atoms with E-state index in [0.29, 0.717) is 31.5 Å². The molecular weight excluding hydrogens is 823 g/mol. The van der Waals surface area contributed by atoms with Gasteiger partial charge in [-0.2, -0.15) is 0 Å². The van der Waals surface area contributed by atoms with Gasteiger partial charge in [-0.15, -0.1) is 0 Å². The van der Waals surface area contributed by atoms with Crippen molar-refractivity contribution in [2.45, 2.75) is 83.0 Å². The van der Waals surface area contributed by atoms with E-state index in [9.17, 15) is 28.8 Å². The molecule has 15 nitrogen and oxygen atoms in total. The van der Waals surface area contributed by atoms with Crippen LogP contribution in [-0.4, -0.2) is 86.3 Å². The van der Waals surface area contributed by atoms with Crippen molar-refractivity contribution >= 4 is 56.9 Å². The summed E-state index contributed by atoms with van der Waals surface area (Å²) in [7, 11) is 0. The van der Waals surface area contributed by atoms with Crippen LogP contribution < -0.4 is 27.8 Å². The van der Waals surface area contributed by atoms with E-state index >= 15 is 0 Å². The van der Waals surface area contributed by atoms with Gasteiger partial charge in [0.15, 0.2) is 17.3 Å². The minimum Gasteiger partial charge on any atom is -0.369 e. The maximum Gasteiger partial charge on any atom is 0.318 e. The highest BCUT2D eigenvalue weighted by atomic mass is 16.2. The number of H-pyrrole nitrogens is 2. The number of nitrogens with two attached hydrogens (primary N) is 3. The van der Waals surface area contributed by atoms with Crippen molar-refractivity contribution in [2.24, 2.45) is 29.0 Å². The Morgan fingerprint density at radius 1 is 0.723 bits per heavy atom. The Bertz CT molecular complexity index is 2550. The van der Waals surface area contributed by atoms with Crippen molar-refractivity contribution in [3.05, 3.63) is 138 Å². The largest absolute Gasteiger partial charge is 0.369 e. The number of nitrogens with one attached hydrogen (secondary N) is 4. The number of carbonyl (C=O) groups is 6. The molecule has 0 saturated heterocycles. The zero-order chi connectivity index (χ0) is 46.3. The van der Waals surface area contributed by atoms with Crippen LogP contribution in [0.15, 0.2) is 116 Å². The average Bonchev–Trinajstić information content (AvgIpc) is 3.98. The van der Waals surface area contributed by atoms with Gasteiger partial charge >= 0.3 is 6.03 Å². The molecule has 6 aromatic rings. The number of nitrogens with zero attached hydrogens (tertiary/aromatic N) is 2. The number of carbonyl (C=O) groups excluding carboxylic acids is 6. The Morgan fingerprint density at radius 2 is 1.43 bits per heavy atom. The molecule has 0 aliphatic heterocycles. The molecule has 0 fully saturated rings. The number of hydrogen-bond acceptors (Lipinski definition) is 9. The zero-order valence-corrected chi connectivity index (χ0v) is 36.7. The van der Waals surface area contributed by atoms with Crippen LogP contribution in [0.3, 0.4) is 0 Å². The maximum atomic E-state index is 14.6. The first kappa shape index (κ1) is 47.5. The summed E-state index contributed by atoms with van der Waals surface area (Å²) in [6.07, 6.45) is 6.56. The van der Waals surface area contributed by atoms with Gasteiger partial charge in [0, 0.05) is 66.6 Å². The lowest BCUT2D eigenvalue weighted by Crippen LogP contribution is -2.51. The molecule has 0 bridgehead atoms. The van der Waals surface area contributed by atoms with Crippen LogP contribution in [0.2, 0.25) is 0 Å². The molecular formula is C50H59N9O6. The topological polar surface area (TPSA) is 252 Å². The van der Waals surface area contributed by atoms with E-state index in [0.717, 1.165) is 38.4 Å². The van der Waals surface area contributed by atoms with Gasteiger partial charge in [-0.3, -0.25) is 24.0 Å². The van der Waals surface area contributed by atoms with Crippen molar-refractivity contribution < 1.29 is 28.8 Å². The maximum absolute atomic E-state index is 14.6. The van der Waals surface area contributed by atoms with Crippen molar-refractivity contribution in [3.63, 3.8) is 0 Å². The minimum atomic E-state index is -1.09. The lowest BCUT2D eigenvalue weighted by Gasteiger charge is -2.27. The quantitative estimate of drug-likeness (QED) is 0.0389. The molecule has 0 aliphatic carbocycles. The summed E-state index contributed by atoms with van der Waals surface area (Å²) in [6, 6.07) is 26.5. The first-order chi connectivity index (χ1) is 31.4. The number of fused-ring (bicyclic) bond motifs is 2. The monoisotopic (exact) mass is 881 g/mol. The summed E-state index contributed by atoms with van der Waals surface area (Å²) in [5.74, 6) is -4.04. The summed E-state index contributed by atoms with van der Waals surface area (Å²) in [4.78, 5) is 94.6. The smallest absolute Gasteiger partial charge is 0.318 e. The Hall–Kier alpha value is -6.97. The van der Waals surface area contributed by atoms with Gasteiger partial charge in [0.2, 0.25) is 11.8 Å². The second kappa shape index (κ2) is 23.1. The van der Waals surface area contributed by atoms with Crippen LogP contribution in [0.25, 0.3) is 21.7 Å². The van der Waals surface area contributed by atoms with Gasteiger partial charge in [-0.25, -0.2) is 9.78 Å². The Morgan fingerprint density at radius 3 is 2.17 bits per heavy atom. The Balaban J connectivity index is 1.23. The Labute approximate surface area is 378 Å². The second-order valence-corrected chi connectivity index (χ2v) is 16.8. The van der Waals surface area contributed by atoms with E-state index in [1.165, 1.54) is 11.2 Å². The number of unbranched alkanes of at least 4 members (excludes halogenated alkanes) is 1. The molecule has 340 valence electrons. The van der Waals surface area contributed by atoms with Gasteiger partial charge in [-0.1, -0.05) is 97.4 Å². The van der Waals surface area contributed by atoms with Crippen molar-refractivity contribution in [1.29, 1.82) is 0 Å². The van der Waals surface area contributed by atoms with Crippen LogP contribution in [0.1, 0.15) is 61.4 Å². The lowest BCUT2D eigenvalue weighted by atomic mass is 9.89. The van der Waals surface area contributed by atoms with Gasteiger partial charge in [0.1, 0.15) is 0 Å². The first-order valence-electron chi connectivity index (χ1n) is 22.1. The number of aromatic amines is 2. The summed E-state index contributed by atoms with van der Waals surface area (Å²) >= 11 is 0. The molecule has 6 rings (SSSR count). The predicted molar refractivity (Wildman–Crippen MR) is 250 cm³/mol. The molecule has 4 amide bonds. The van der Waals surface area contributed by atoms with E-state index in [4.69, 9.17) is 17.2 Å².